The molecule has 1 fully saturated rings. The van der Waals surface area contributed by atoms with Crippen LogP contribution in [-0.2, 0) is 12.1 Å². The second-order valence-corrected chi connectivity index (χ2v) is 7.85. The van der Waals surface area contributed by atoms with E-state index in [2.05, 4.69) is 51.5 Å². The van der Waals surface area contributed by atoms with E-state index in [1.807, 2.05) is 9.36 Å². The molecular weight excluding hydrogens is 347 g/mol. The van der Waals surface area contributed by atoms with Crippen LogP contribution >= 0.6 is 0 Å². The van der Waals surface area contributed by atoms with Crippen LogP contribution < -0.4 is 0 Å². The molecule has 1 aliphatic rings. The smallest absolute Gasteiger partial charge is 0.165 e. The van der Waals surface area contributed by atoms with Crippen molar-refractivity contribution < 1.29 is 4.39 Å². The molecule has 2 aromatic heterocycles. The molecule has 0 atom stereocenters. The molecule has 0 bridgehead atoms. The molecule has 0 radical (unpaired) electrons. The van der Waals surface area contributed by atoms with Gasteiger partial charge in [0, 0.05) is 19.2 Å². The number of piperidine rings is 1. The van der Waals surface area contributed by atoms with E-state index in [0.29, 0.717) is 5.52 Å². The van der Waals surface area contributed by atoms with E-state index in [1.54, 1.807) is 6.07 Å². The van der Waals surface area contributed by atoms with Crippen LogP contribution in [0, 0.1) is 5.82 Å². The molecule has 4 rings (SSSR count). The number of benzene rings is 1. The van der Waals surface area contributed by atoms with Crippen molar-refractivity contribution in [1.29, 1.82) is 0 Å². The van der Waals surface area contributed by atoms with Gasteiger partial charge in [-0.1, -0.05) is 12.1 Å². The van der Waals surface area contributed by atoms with E-state index in [1.165, 1.54) is 12.1 Å². The van der Waals surface area contributed by atoms with E-state index >= 15 is 0 Å². The molecule has 27 heavy (non-hydrogen) atoms. The number of rotatable bonds is 5. The van der Waals surface area contributed by atoms with Gasteiger partial charge in [-0.25, -0.2) is 13.8 Å². The first-order valence-corrected chi connectivity index (χ1v) is 9.48. The van der Waals surface area contributed by atoms with Gasteiger partial charge in [0.1, 0.15) is 11.3 Å². The fraction of sp³-hybridized carbons (Fsp3) is 0.611. The number of fused-ring (bicyclic) bond motifs is 1. The average Bonchev–Trinajstić information content (AvgIpc) is 3.29. The number of hydrogen-bond acceptors (Lipinski definition) is 6. The summed E-state index contributed by atoms with van der Waals surface area (Å²) in [5, 5.41) is 20.7. The van der Waals surface area contributed by atoms with E-state index in [9.17, 15) is 4.39 Å². The lowest BCUT2D eigenvalue weighted by Gasteiger charge is -2.32. The predicted molar refractivity (Wildman–Crippen MR) is 98.5 cm³/mol. The van der Waals surface area contributed by atoms with Crippen LogP contribution in [0.25, 0.3) is 11.0 Å². The summed E-state index contributed by atoms with van der Waals surface area (Å²) in [5.74, 6) is 0.624. The van der Waals surface area contributed by atoms with Crippen LogP contribution in [0.4, 0.5) is 4.39 Å². The summed E-state index contributed by atoms with van der Waals surface area (Å²) in [6.45, 7) is 9.06. The molecule has 1 aromatic carbocycles. The maximum absolute atomic E-state index is 13.4. The first-order valence-electron chi connectivity index (χ1n) is 9.48. The summed E-state index contributed by atoms with van der Waals surface area (Å²) in [6.07, 6.45) is 2.90. The van der Waals surface area contributed by atoms with Crippen molar-refractivity contribution in [2.45, 2.75) is 58.2 Å². The highest BCUT2D eigenvalue weighted by molar-refractivity contribution is 5.74. The van der Waals surface area contributed by atoms with Gasteiger partial charge < -0.3 is 0 Å². The standard InChI is InChI=1S/C18H25FN8/c1-4-18(2,3)27-17(21-22-24-27)12-25-9-7-14(8-10-25)26-16-6-5-13(19)11-15(16)20-23-26/h5-6,11,14H,4,7-10,12H2,1-3H3. The van der Waals surface area contributed by atoms with Crippen molar-refractivity contribution in [1.82, 2.24) is 40.1 Å². The molecule has 1 aliphatic heterocycles. The number of hydrogen-bond donors (Lipinski definition) is 0. The van der Waals surface area contributed by atoms with Crippen molar-refractivity contribution in [2.24, 2.45) is 0 Å². The second kappa shape index (κ2) is 6.95. The van der Waals surface area contributed by atoms with E-state index in [0.717, 1.165) is 50.2 Å². The summed E-state index contributed by atoms with van der Waals surface area (Å²) in [4.78, 5) is 2.38. The number of aromatic nitrogens is 7. The highest BCUT2D eigenvalue weighted by atomic mass is 19.1. The van der Waals surface area contributed by atoms with E-state index in [4.69, 9.17) is 0 Å². The first-order chi connectivity index (χ1) is 13.0. The van der Waals surface area contributed by atoms with Crippen molar-refractivity contribution in [3.63, 3.8) is 0 Å². The minimum absolute atomic E-state index is 0.0912. The van der Waals surface area contributed by atoms with Gasteiger partial charge in [-0.2, -0.15) is 0 Å². The number of likely N-dealkylation sites (tertiary alicyclic amines) is 1. The van der Waals surface area contributed by atoms with Crippen molar-refractivity contribution in [3.8, 4) is 0 Å². The molecule has 0 spiro atoms. The Hall–Kier alpha value is -2.42. The quantitative estimate of drug-likeness (QED) is 0.685. The molecule has 3 heterocycles. The topological polar surface area (TPSA) is 77.5 Å². The Morgan fingerprint density at radius 3 is 2.67 bits per heavy atom. The van der Waals surface area contributed by atoms with Gasteiger partial charge in [0.05, 0.1) is 23.6 Å². The molecule has 0 aliphatic carbocycles. The van der Waals surface area contributed by atoms with Crippen molar-refractivity contribution in [2.75, 3.05) is 13.1 Å². The summed E-state index contributed by atoms with van der Waals surface area (Å²) in [7, 11) is 0. The van der Waals surface area contributed by atoms with Gasteiger partial charge in [-0.15, -0.1) is 10.2 Å². The highest BCUT2D eigenvalue weighted by Crippen LogP contribution is 2.27. The molecule has 0 amide bonds. The third-order valence-corrected chi connectivity index (χ3v) is 5.67. The zero-order valence-corrected chi connectivity index (χ0v) is 16.0. The molecule has 0 saturated carbocycles. The van der Waals surface area contributed by atoms with Crippen LogP contribution in [0.3, 0.4) is 0 Å². The van der Waals surface area contributed by atoms with Gasteiger partial charge >= 0.3 is 0 Å². The monoisotopic (exact) mass is 372 g/mol. The summed E-state index contributed by atoms with van der Waals surface area (Å²) >= 11 is 0. The van der Waals surface area contributed by atoms with Crippen LogP contribution in [0.5, 0.6) is 0 Å². The van der Waals surface area contributed by atoms with E-state index < -0.39 is 0 Å². The Bertz CT molecular complexity index is 922. The fourth-order valence-electron chi connectivity index (χ4n) is 3.63. The Balaban J connectivity index is 1.43. The summed E-state index contributed by atoms with van der Waals surface area (Å²) < 4.78 is 17.2. The number of halogens is 1. The normalized spacial score (nSPS) is 17.0. The maximum Gasteiger partial charge on any atom is 0.165 e. The highest BCUT2D eigenvalue weighted by Gasteiger charge is 2.27. The number of tetrazole rings is 1. The minimum Gasteiger partial charge on any atom is -0.296 e. The first kappa shape index (κ1) is 18.0. The molecule has 0 N–H and O–H groups in total. The van der Waals surface area contributed by atoms with Gasteiger partial charge in [-0.3, -0.25) is 4.90 Å². The number of nitrogens with zero attached hydrogens (tertiary/aromatic N) is 8. The lowest BCUT2D eigenvalue weighted by atomic mass is 10.0. The molecule has 144 valence electrons. The van der Waals surface area contributed by atoms with Gasteiger partial charge in [-0.05, 0) is 55.7 Å². The van der Waals surface area contributed by atoms with Crippen LogP contribution in [-0.4, -0.2) is 53.2 Å². The van der Waals surface area contributed by atoms with Gasteiger partial charge in [0.25, 0.3) is 0 Å². The SMILES string of the molecule is CCC(C)(C)n1nnnc1CN1CCC(n2nnc3cc(F)ccc32)CC1. The van der Waals surface area contributed by atoms with Gasteiger partial charge in [0.15, 0.2) is 5.82 Å². The largest absolute Gasteiger partial charge is 0.296 e. The Kier molecular flexibility index (Phi) is 4.63. The van der Waals surface area contributed by atoms with E-state index in [-0.39, 0.29) is 17.4 Å². The molecule has 9 heteroatoms. The average molecular weight is 372 g/mol. The summed E-state index contributed by atoms with van der Waals surface area (Å²) in [6, 6.07) is 4.94. The molecule has 8 nitrogen and oxygen atoms in total. The van der Waals surface area contributed by atoms with Crippen LogP contribution in [0.1, 0.15) is 51.9 Å². The lowest BCUT2D eigenvalue weighted by Crippen LogP contribution is -2.37. The molecule has 0 unspecified atom stereocenters. The summed E-state index contributed by atoms with van der Waals surface area (Å²) in [5.41, 5.74) is 1.41. The Labute approximate surface area is 157 Å². The molecular formula is C18H25FN8. The third kappa shape index (κ3) is 3.43. The zero-order valence-electron chi connectivity index (χ0n) is 16.0. The Morgan fingerprint density at radius 1 is 1.15 bits per heavy atom. The maximum atomic E-state index is 13.4. The predicted octanol–water partition coefficient (Wildman–Crippen LogP) is 2.54. The van der Waals surface area contributed by atoms with Crippen LogP contribution in [0.15, 0.2) is 18.2 Å². The van der Waals surface area contributed by atoms with Gasteiger partial charge in [0.2, 0.25) is 0 Å². The molecule has 3 aromatic rings. The van der Waals surface area contributed by atoms with Crippen molar-refractivity contribution in [3.05, 3.63) is 29.8 Å². The fourth-order valence-corrected chi connectivity index (χ4v) is 3.63. The second-order valence-electron chi connectivity index (χ2n) is 7.85. The molecule has 1 saturated heterocycles. The van der Waals surface area contributed by atoms with Crippen LogP contribution in [0.2, 0.25) is 0 Å². The zero-order chi connectivity index (χ0) is 19.0. The van der Waals surface area contributed by atoms with Crippen molar-refractivity contribution >= 4 is 11.0 Å². The minimum atomic E-state index is -0.280. The lowest BCUT2D eigenvalue weighted by molar-refractivity contribution is 0.163. The third-order valence-electron chi connectivity index (χ3n) is 5.67. The Morgan fingerprint density at radius 2 is 1.93 bits per heavy atom.